The van der Waals surface area contributed by atoms with Crippen LogP contribution in [0.25, 0.3) is 0 Å². The second-order valence-corrected chi connectivity index (χ2v) is 5.05. The predicted molar refractivity (Wildman–Crippen MR) is 64.3 cm³/mol. The zero-order valence-corrected chi connectivity index (χ0v) is 10.4. The number of hydrogen-bond acceptors (Lipinski definition) is 2. The molecule has 1 aliphatic rings. The summed E-state index contributed by atoms with van der Waals surface area (Å²) in [6.07, 6.45) is 1.89. The molecule has 2 nitrogen and oxygen atoms in total. The fourth-order valence-electron chi connectivity index (χ4n) is 2.37. The third-order valence-electron chi connectivity index (χ3n) is 3.52. The Kier molecular flexibility index (Phi) is 3.50. The van der Waals surface area contributed by atoms with E-state index in [4.69, 9.17) is 4.74 Å². The molecular formula is C14H19FO2. The number of aliphatic hydroxyl groups excluding tert-OH is 1. The summed E-state index contributed by atoms with van der Waals surface area (Å²) >= 11 is 0. The molecule has 2 unspecified atom stereocenters. The highest BCUT2D eigenvalue weighted by Gasteiger charge is 2.37. The van der Waals surface area contributed by atoms with Crippen LogP contribution in [0.5, 0.6) is 0 Å². The van der Waals surface area contributed by atoms with Crippen LogP contribution in [0.2, 0.25) is 0 Å². The normalized spacial score (nSPS) is 26.8. The van der Waals surface area contributed by atoms with E-state index in [1.54, 1.807) is 12.1 Å². The second kappa shape index (κ2) is 4.75. The molecule has 1 fully saturated rings. The molecule has 0 radical (unpaired) electrons. The number of hydrogen-bond donors (Lipinski definition) is 1. The first-order valence-corrected chi connectivity index (χ1v) is 6.11. The van der Waals surface area contributed by atoms with Crippen molar-refractivity contribution in [3.05, 3.63) is 35.1 Å². The van der Waals surface area contributed by atoms with Crippen molar-refractivity contribution in [3.8, 4) is 0 Å². The Morgan fingerprint density at radius 2 is 2.18 bits per heavy atom. The molecule has 1 aliphatic heterocycles. The largest absolute Gasteiger partial charge is 0.385 e. The smallest absolute Gasteiger partial charge is 0.129 e. The van der Waals surface area contributed by atoms with Crippen molar-refractivity contribution in [2.24, 2.45) is 0 Å². The molecule has 3 heteroatoms. The Labute approximate surface area is 101 Å². The molecule has 1 heterocycles. The Hall–Kier alpha value is -0.930. The molecule has 0 aliphatic carbocycles. The van der Waals surface area contributed by atoms with Crippen molar-refractivity contribution >= 4 is 0 Å². The highest BCUT2D eigenvalue weighted by molar-refractivity contribution is 5.27. The van der Waals surface area contributed by atoms with Gasteiger partial charge in [-0.25, -0.2) is 4.39 Å². The molecule has 1 aromatic rings. The van der Waals surface area contributed by atoms with E-state index in [0.717, 1.165) is 24.8 Å². The van der Waals surface area contributed by atoms with E-state index in [1.165, 1.54) is 6.07 Å². The Bertz CT molecular complexity index is 397. The summed E-state index contributed by atoms with van der Waals surface area (Å²) in [4.78, 5) is 0. The van der Waals surface area contributed by atoms with Crippen LogP contribution in [0.15, 0.2) is 18.2 Å². The van der Waals surface area contributed by atoms with E-state index in [9.17, 15) is 9.50 Å². The maximum Gasteiger partial charge on any atom is 0.129 e. The minimum atomic E-state index is -0.900. The summed E-state index contributed by atoms with van der Waals surface area (Å²) in [7, 11) is 0. The first kappa shape index (κ1) is 12.5. The maximum absolute atomic E-state index is 13.7. The van der Waals surface area contributed by atoms with Gasteiger partial charge in [0.25, 0.3) is 0 Å². The summed E-state index contributed by atoms with van der Waals surface area (Å²) in [6, 6.07) is 4.80. The van der Waals surface area contributed by atoms with Gasteiger partial charge in [-0.3, -0.25) is 0 Å². The lowest BCUT2D eigenvalue weighted by Crippen LogP contribution is -2.39. The van der Waals surface area contributed by atoms with Crippen LogP contribution in [0, 0.1) is 12.7 Å². The number of benzene rings is 1. The van der Waals surface area contributed by atoms with Gasteiger partial charge in [0.2, 0.25) is 0 Å². The monoisotopic (exact) mass is 238 g/mol. The molecule has 0 spiro atoms. The zero-order valence-electron chi connectivity index (χ0n) is 10.4. The highest BCUT2D eigenvalue weighted by Crippen LogP contribution is 2.37. The van der Waals surface area contributed by atoms with E-state index in [2.05, 4.69) is 0 Å². The van der Waals surface area contributed by atoms with Crippen LogP contribution >= 0.6 is 0 Å². The van der Waals surface area contributed by atoms with Crippen LogP contribution < -0.4 is 0 Å². The van der Waals surface area contributed by atoms with Gasteiger partial charge in [0, 0.05) is 12.2 Å². The Balaban J connectivity index is 2.29. The average molecular weight is 238 g/mol. The number of rotatable bonds is 2. The van der Waals surface area contributed by atoms with Crippen molar-refractivity contribution in [1.82, 2.24) is 0 Å². The lowest BCUT2D eigenvalue weighted by atomic mass is 9.85. The summed E-state index contributed by atoms with van der Waals surface area (Å²) in [5.41, 5.74) is 0.627. The van der Waals surface area contributed by atoms with Gasteiger partial charge in [-0.1, -0.05) is 17.7 Å². The van der Waals surface area contributed by atoms with Gasteiger partial charge in [0.05, 0.1) is 5.60 Å². The highest BCUT2D eigenvalue weighted by atomic mass is 19.1. The van der Waals surface area contributed by atoms with E-state index in [-0.39, 0.29) is 5.82 Å². The molecule has 0 aromatic heterocycles. The molecular weight excluding hydrogens is 219 g/mol. The van der Waals surface area contributed by atoms with E-state index < -0.39 is 11.7 Å². The van der Waals surface area contributed by atoms with Crippen LogP contribution in [0.1, 0.15) is 43.4 Å². The zero-order chi connectivity index (χ0) is 12.5. The molecule has 1 aromatic carbocycles. The molecule has 1 N–H and O–H groups in total. The third kappa shape index (κ3) is 2.50. The summed E-state index contributed by atoms with van der Waals surface area (Å²) in [5.74, 6) is -0.363. The molecule has 1 saturated heterocycles. The SMILES string of the molecule is Cc1ccc(F)c(C(O)C2(C)CCCCO2)c1. The number of aliphatic hydroxyl groups is 1. The van der Waals surface area contributed by atoms with Crippen LogP contribution in [0.4, 0.5) is 4.39 Å². The molecule has 2 rings (SSSR count). The number of halogens is 1. The lowest BCUT2D eigenvalue weighted by Gasteiger charge is -2.38. The van der Waals surface area contributed by atoms with Crippen LogP contribution in [0.3, 0.4) is 0 Å². The maximum atomic E-state index is 13.7. The summed E-state index contributed by atoms with van der Waals surface area (Å²) in [5, 5.41) is 10.3. The lowest BCUT2D eigenvalue weighted by molar-refractivity contribution is -0.139. The van der Waals surface area contributed by atoms with Gasteiger partial charge in [-0.05, 0) is 39.2 Å². The van der Waals surface area contributed by atoms with E-state index in [0.29, 0.717) is 12.2 Å². The minimum Gasteiger partial charge on any atom is -0.385 e. The van der Waals surface area contributed by atoms with Gasteiger partial charge < -0.3 is 9.84 Å². The quantitative estimate of drug-likeness (QED) is 0.857. The first-order valence-electron chi connectivity index (χ1n) is 6.11. The van der Waals surface area contributed by atoms with Gasteiger partial charge in [0.15, 0.2) is 0 Å². The van der Waals surface area contributed by atoms with Gasteiger partial charge in [-0.2, -0.15) is 0 Å². The minimum absolute atomic E-state index is 0.342. The summed E-state index contributed by atoms with van der Waals surface area (Å²) in [6.45, 7) is 4.39. The third-order valence-corrected chi connectivity index (χ3v) is 3.52. The molecule has 0 bridgehead atoms. The molecule has 17 heavy (non-hydrogen) atoms. The topological polar surface area (TPSA) is 29.5 Å². The van der Waals surface area contributed by atoms with Crippen molar-refractivity contribution in [2.45, 2.75) is 44.8 Å². The van der Waals surface area contributed by atoms with E-state index >= 15 is 0 Å². The van der Waals surface area contributed by atoms with Crippen molar-refractivity contribution in [2.75, 3.05) is 6.61 Å². The standard InChI is InChI=1S/C14H19FO2/c1-10-5-6-12(15)11(9-10)13(16)14(2)7-3-4-8-17-14/h5-6,9,13,16H,3-4,7-8H2,1-2H3. The van der Waals surface area contributed by atoms with Crippen LogP contribution in [-0.4, -0.2) is 17.3 Å². The summed E-state index contributed by atoms with van der Waals surface area (Å²) < 4.78 is 19.4. The van der Waals surface area contributed by atoms with Crippen molar-refractivity contribution < 1.29 is 14.2 Å². The predicted octanol–water partition coefficient (Wildman–Crippen LogP) is 3.13. The molecule has 0 amide bonds. The second-order valence-electron chi connectivity index (χ2n) is 5.05. The van der Waals surface area contributed by atoms with Gasteiger partial charge in [-0.15, -0.1) is 0 Å². The van der Waals surface area contributed by atoms with Gasteiger partial charge in [0.1, 0.15) is 11.9 Å². The van der Waals surface area contributed by atoms with E-state index in [1.807, 2.05) is 13.8 Å². The molecule has 0 saturated carbocycles. The Morgan fingerprint density at radius 1 is 1.41 bits per heavy atom. The fraction of sp³-hybridized carbons (Fsp3) is 0.571. The first-order chi connectivity index (χ1) is 8.03. The van der Waals surface area contributed by atoms with Gasteiger partial charge >= 0.3 is 0 Å². The molecule has 94 valence electrons. The number of aryl methyl sites for hydroxylation is 1. The Morgan fingerprint density at radius 3 is 2.82 bits per heavy atom. The molecule has 2 atom stereocenters. The van der Waals surface area contributed by atoms with Crippen LogP contribution in [-0.2, 0) is 4.74 Å². The fourth-order valence-corrected chi connectivity index (χ4v) is 2.37. The average Bonchev–Trinajstić information content (AvgIpc) is 2.32. The van der Waals surface area contributed by atoms with Crippen molar-refractivity contribution in [3.63, 3.8) is 0 Å². The van der Waals surface area contributed by atoms with Crippen molar-refractivity contribution in [1.29, 1.82) is 0 Å². The number of ether oxygens (including phenoxy) is 1.